The molecule has 1 aromatic heterocycles. The zero-order valence-corrected chi connectivity index (χ0v) is 13.1. The van der Waals surface area contributed by atoms with Gasteiger partial charge in [0, 0.05) is 4.90 Å². The molecule has 1 N–H and O–H groups in total. The van der Waals surface area contributed by atoms with Gasteiger partial charge in [0.15, 0.2) is 5.13 Å². The van der Waals surface area contributed by atoms with E-state index in [9.17, 15) is 4.79 Å². The van der Waals surface area contributed by atoms with Crippen molar-refractivity contribution in [2.24, 2.45) is 0 Å². The van der Waals surface area contributed by atoms with E-state index in [0.717, 1.165) is 15.1 Å². The van der Waals surface area contributed by atoms with E-state index in [4.69, 9.17) is 0 Å². The molecule has 0 atom stereocenters. The molecule has 106 valence electrons. The summed E-state index contributed by atoms with van der Waals surface area (Å²) < 4.78 is 1.08. The Labute approximate surface area is 131 Å². The molecule has 3 nitrogen and oxygen atoms in total. The third-order valence-corrected chi connectivity index (χ3v) is 5.12. The Morgan fingerprint density at radius 2 is 1.95 bits per heavy atom. The predicted molar refractivity (Wildman–Crippen MR) is 90.2 cm³/mol. The molecule has 0 spiro atoms. The van der Waals surface area contributed by atoms with Gasteiger partial charge >= 0.3 is 0 Å². The molecule has 0 saturated heterocycles. The molecule has 0 saturated carbocycles. The second kappa shape index (κ2) is 6.28. The predicted octanol–water partition coefficient (Wildman–Crippen LogP) is 4.34. The Morgan fingerprint density at radius 3 is 2.76 bits per heavy atom. The van der Waals surface area contributed by atoms with Gasteiger partial charge in [-0.1, -0.05) is 41.7 Å². The Bertz CT molecular complexity index is 750. The zero-order valence-electron chi connectivity index (χ0n) is 11.5. The summed E-state index contributed by atoms with van der Waals surface area (Å²) >= 11 is 3.04. The molecular formula is C16H14N2OS2. The van der Waals surface area contributed by atoms with Crippen molar-refractivity contribution >= 4 is 44.4 Å². The number of nitrogens with one attached hydrogen (secondary N) is 1. The minimum atomic E-state index is -0.0256. The third kappa shape index (κ3) is 3.43. The fourth-order valence-corrected chi connectivity index (χ4v) is 3.65. The Balaban J connectivity index is 1.62. The lowest BCUT2D eigenvalue weighted by Gasteiger charge is -2.04. The maximum Gasteiger partial charge on any atom is 0.236 e. The molecule has 5 heteroatoms. The van der Waals surface area contributed by atoms with Crippen molar-refractivity contribution in [1.29, 1.82) is 0 Å². The molecule has 0 aliphatic carbocycles. The van der Waals surface area contributed by atoms with E-state index >= 15 is 0 Å². The fraction of sp³-hybridized carbons (Fsp3) is 0.125. The molecule has 0 radical (unpaired) electrons. The van der Waals surface area contributed by atoms with Crippen molar-refractivity contribution in [2.45, 2.75) is 11.8 Å². The second-order valence-corrected chi connectivity index (χ2v) is 6.64. The maximum atomic E-state index is 12.0. The van der Waals surface area contributed by atoms with Crippen LogP contribution in [0.25, 0.3) is 10.2 Å². The van der Waals surface area contributed by atoms with Crippen LogP contribution in [0.15, 0.2) is 53.4 Å². The molecular weight excluding hydrogens is 300 g/mol. The van der Waals surface area contributed by atoms with Crippen molar-refractivity contribution in [1.82, 2.24) is 4.98 Å². The largest absolute Gasteiger partial charge is 0.301 e. The first-order valence-corrected chi connectivity index (χ1v) is 8.36. The van der Waals surface area contributed by atoms with Gasteiger partial charge in [0.2, 0.25) is 5.91 Å². The highest BCUT2D eigenvalue weighted by Crippen LogP contribution is 2.26. The first kappa shape index (κ1) is 14.1. The number of carbonyl (C=O) groups is 1. The van der Waals surface area contributed by atoms with Gasteiger partial charge in [-0.2, -0.15) is 0 Å². The number of hydrogen-bond acceptors (Lipinski definition) is 4. The summed E-state index contributed by atoms with van der Waals surface area (Å²) in [5.41, 5.74) is 2.11. The van der Waals surface area contributed by atoms with Crippen LogP contribution < -0.4 is 5.32 Å². The van der Waals surface area contributed by atoms with Crippen LogP contribution >= 0.6 is 23.1 Å². The first-order chi connectivity index (χ1) is 10.2. The van der Waals surface area contributed by atoms with Gasteiger partial charge in [-0.15, -0.1) is 11.8 Å². The number of nitrogens with zero attached hydrogens (tertiary/aromatic N) is 1. The lowest BCUT2D eigenvalue weighted by atomic mass is 10.2. The van der Waals surface area contributed by atoms with Crippen molar-refractivity contribution in [3.05, 3.63) is 54.1 Å². The van der Waals surface area contributed by atoms with Gasteiger partial charge in [0.25, 0.3) is 0 Å². The van der Waals surface area contributed by atoms with E-state index in [0.29, 0.717) is 10.9 Å². The van der Waals surface area contributed by atoms with Crippen LogP contribution in [0, 0.1) is 6.92 Å². The number of anilines is 1. The number of aryl methyl sites for hydroxylation is 1. The maximum absolute atomic E-state index is 12.0. The van der Waals surface area contributed by atoms with Crippen LogP contribution in [0.5, 0.6) is 0 Å². The highest BCUT2D eigenvalue weighted by Gasteiger charge is 2.08. The minimum Gasteiger partial charge on any atom is -0.301 e. The molecule has 0 unspecified atom stereocenters. The van der Waals surface area contributed by atoms with Crippen LogP contribution in [0.1, 0.15) is 5.56 Å². The first-order valence-electron chi connectivity index (χ1n) is 6.56. The Hall–Kier alpha value is -1.85. The number of benzene rings is 2. The number of para-hydroxylation sites is 1. The monoisotopic (exact) mass is 314 g/mol. The quantitative estimate of drug-likeness (QED) is 0.729. The number of aromatic nitrogens is 1. The molecule has 1 amide bonds. The molecule has 3 rings (SSSR count). The lowest BCUT2D eigenvalue weighted by molar-refractivity contribution is -0.113. The van der Waals surface area contributed by atoms with Gasteiger partial charge in [-0.05, 0) is 30.7 Å². The summed E-state index contributed by atoms with van der Waals surface area (Å²) in [5, 5.41) is 3.53. The second-order valence-electron chi connectivity index (χ2n) is 4.59. The van der Waals surface area contributed by atoms with E-state index in [-0.39, 0.29) is 5.91 Å². The van der Waals surface area contributed by atoms with Crippen LogP contribution in [-0.2, 0) is 4.79 Å². The molecule has 0 bridgehead atoms. The molecule has 2 aromatic carbocycles. The Kier molecular flexibility index (Phi) is 4.22. The summed E-state index contributed by atoms with van der Waals surface area (Å²) in [6.07, 6.45) is 0. The summed E-state index contributed by atoms with van der Waals surface area (Å²) in [6.45, 7) is 2.05. The van der Waals surface area contributed by atoms with E-state index in [1.807, 2.05) is 55.5 Å². The van der Waals surface area contributed by atoms with Crippen LogP contribution in [0.3, 0.4) is 0 Å². The average Bonchev–Trinajstić information content (AvgIpc) is 2.88. The number of thiazole rings is 1. The molecule has 0 aliphatic rings. The SMILES string of the molecule is Cc1ccccc1SCC(=O)Nc1nc2ccccc2s1. The standard InChI is InChI=1S/C16H14N2OS2/c1-11-6-2-4-8-13(11)20-10-15(19)18-16-17-12-7-3-5-9-14(12)21-16/h2-9H,10H2,1H3,(H,17,18,19). The highest BCUT2D eigenvalue weighted by atomic mass is 32.2. The van der Waals surface area contributed by atoms with Crippen LogP contribution in [-0.4, -0.2) is 16.6 Å². The lowest BCUT2D eigenvalue weighted by Crippen LogP contribution is -2.13. The molecule has 21 heavy (non-hydrogen) atoms. The average molecular weight is 314 g/mol. The molecule has 0 fully saturated rings. The van der Waals surface area contributed by atoms with Crippen molar-refractivity contribution in [3.8, 4) is 0 Å². The topological polar surface area (TPSA) is 42.0 Å². The van der Waals surface area contributed by atoms with Gasteiger partial charge < -0.3 is 5.32 Å². The minimum absolute atomic E-state index is 0.0256. The summed E-state index contributed by atoms with van der Waals surface area (Å²) in [5.74, 6) is 0.364. The van der Waals surface area contributed by atoms with Crippen LogP contribution in [0.4, 0.5) is 5.13 Å². The number of rotatable bonds is 4. The van der Waals surface area contributed by atoms with E-state index in [2.05, 4.69) is 10.3 Å². The van der Waals surface area contributed by atoms with Gasteiger partial charge in [0.05, 0.1) is 16.0 Å². The number of thioether (sulfide) groups is 1. The van der Waals surface area contributed by atoms with Crippen molar-refractivity contribution < 1.29 is 4.79 Å². The van der Waals surface area contributed by atoms with E-state index < -0.39 is 0 Å². The fourth-order valence-electron chi connectivity index (χ4n) is 1.94. The van der Waals surface area contributed by atoms with Gasteiger partial charge in [-0.3, -0.25) is 4.79 Å². The summed E-state index contributed by atoms with van der Waals surface area (Å²) in [7, 11) is 0. The Morgan fingerprint density at radius 1 is 1.19 bits per heavy atom. The number of carbonyl (C=O) groups excluding carboxylic acids is 1. The number of hydrogen-bond donors (Lipinski definition) is 1. The zero-order chi connectivity index (χ0) is 14.7. The van der Waals surface area contributed by atoms with Crippen molar-refractivity contribution in [2.75, 3.05) is 11.1 Å². The van der Waals surface area contributed by atoms with Crippen LogP contribution in [0.2, 0.25) is 0 Å². The normalized spacial score (nSPS) is 10.7. The van der Waals surface area contributed by atoms with Crippen molar-refractivity contribution in [3.63, 3.8) is 0 Å². The smallest absolute Gasteiger partial charge is 0.236 e. The van der Waals surface area contributed by atoms with E-state index in [1.165, 1.54) is 16.9 Å². The highest BCUT2D eigenvalue weighted by molar-refractivity contribution is 8.00. The third-order valence-electron chi connectivity index (χ3n) is 2.99. The summed E-state index contributed by atoms with van der Waals surface area (Å²) in [6, 6.07) is 15.9. The molecule has 0 aliphatic heterocycles. The molecule has 3 aromatic rings. The number of fused-ring (bicyclic) bond motifs is 1. The number of amides is 1. The molecule has 1 heterocycles. The summed E-state index contributed by atoms with van der Waals surface area (Å²) in [4.78, 5) is 17.5. The van der Waals surface area contributed by atoms with Gasteiger partial charge in [-0.25, -0.2) is 4.98 Å². The van der Waals surface area contributed by atoms with Gasteiger partial charge in [0.1, 0.15) is 0 Å². The van der Waals surface area contributed by atoms with E-state index in [1.54, 1.807) is 11.8 Å².